The van der Waals surface area contributed by atoms with E-state index in [9.17, 15) is 28.2 Å². The van der Waals surface area contributed by atoms with Crippen molar-refractivity contribution in [1.29, 1.82) is 0 Å². The van der Waals surface area contributed by atoms with E-state index in [2.05, 4.69) is 0 Å². The molecule has 3 aliphatic rings. The molecule has 1 aliphatic carbocycles. The van der Waals surface area contributed by atoms with Gasteiger partial charge >= 0.3 is 12.2 Å². The zero-order valence-corrected chi connectivity index (χ0v) is 23.0. The number of likely N-dealkylation sites (tertiary alicyclic amines) is 1. The highest BCUT2D eigenvalue weighted by atomic mass is 32.2. The molecule has 1 aromatic rings. The maximum absolute atomic E-state index is 13.1. The van der Waals surface area contributed by atoms with Crippen LogP contribution < -0.4 is 4.74 Å². The third kappa shape index (κ3) is 6.89. The number of aliphatic hydroxyl groups is 1. The molecule has 1 aromatic carbocycles. The fraction of sp³-hybridized carbons (Fsp3) is 0.692. The normalized spacial score (nSPS) is 22.2. The van der Waals surface area contributed by atoms with Crippen LogP contribution in [0.3, 0.4) is 0 Å². The van der Waals surface area contributed by atoms with Gasteiger partial charge in [-0.25, -0.2) is 18.0 Å². The summed E-state index contributed by atoms with van der Waals surface area (Å²) in [6.07, 6.45) is 0.289. The summed E-state index contributed by atoms with van der Waals surface area (Å²) in [5, 5.41) is 19.7. The predicted molar refractivity (Wildman–Crippen MR) is 137 cm³/mol. The van der Waals surface area contributed by atoms with Gasteiger partial charge in [0.1, 0.15) is 24.1 Å². The first-order valence-corrected chi connectivity index (χ1v) is 14.6. The molecule has 2 saturated heterocycles. The Bertz CT molecular complexity index is 1120. The van der Waals surface area contributed by atoms with E-state index in [4.69, 9.17) is 14.2 Å². The molecule has 2 N–H and O–H groups in total. The zero-order valence-electron chi connectivity index (χ0n) is 22.2. The van der Waals surface area contributed by atoms with Gasteiger partial charge in [-0.2, -0.15) is 0 Å². The van der Waals surface area contributed by atoms with Crippen molar-refractivity contribution in [2.75, 3.05) is 32.8 Å². The van der Waals surface area contributed by atoms with Gasteiger partial charge in [-0.1, -0.05) is 6.07 Å². The SMILES string of the molecule is CC(C)(C)OC(=O)N(C[C@H](O)COc1cccc(S(=O)(=O)C2CC2)c1)C1COC2(CCN(C(=O)O)CC2)C1. The summed E-state index contributed by atoms with van der Waals surface area (Å²) in [5.41, 5.74) is -1.26. The van der Waals surface area contributed by atoms with E-state index >= 15 is 0 Å². The first-order chi connectivity index (χ1) is 17.8. The topological polar surface area (TPSA) is 143 Å². The molecule has 1 saturated carbocycles. The second kappa shape index (κ2) is 10.9. The van der Waals surface area contributed by atoms with Crippen LogP contribution >= 0.6 is 0 Å². The van der Waals surface area contributed by atoms with Crippen molar-refractivity contribution in [2.45, 2.75) is 86.4 Å². The molecule has 2 aliphatic heterocycles. The van der Waals surface area contributed by atoms with Crippen LogP contribution in [0, 0.1) is 0 Å². The summed E-state index contributed by atoms with van der Waals surface area (Å²) in [6.45, 7) is 6.04. The lowest BCUT2D eigenvalue weighted by molar-refractivity contribution is -0.0407. The standard InChI is InChI=1S/C26H38N2O9S/c1-25(2,3)37-24(32)28(18-14-26(36-16-18)9-11-27(12-10-26)23(30)31)15-19(29)17-35-20-5-4-6-22(13-20)38(33,34)21-7-8-21/h4-6,13,18-19,21,29H,7-12,14-17H2,1-3H3,(H,30,31)/t18?,19-/m0/s1. The molecular weight excluding hydrogens is 516 g/mol. The third-order valence-corrected chi connectivity index (χ3v) is 9.41. The lowest BCUT2D eigenvalue weighted by Gasteiger charge is -2.38. The number of nitrogens with zero attached hydrogens (tertiary/aromatic N) is 2. The summed E-state index contributed by atoms with van der Waals surface area (Å²) in [6, 6.07) is 5.88. The van der Waals surface area contributed by atoms with Crippen LogP contribution in [0.2, 0.25) is 0 Å². The molecule has 3 fully saturated rings. The number of hydrogen-bond donors (Lipinski definition) is 2. The summed E-state index contributed by atoms with van der Waals surface area (Å²) >= 11 is 0. The number of amides is 2. The van der Waals surface area contributed by atoms with Crippen molar-refractivity contribution in [1.82, 2.24) is 9.80 Å². The molecular formula is C26H38N2O9S. The highest BCUT2D eigenvalue weighted by molar-refractivity contribution is 7.92. The maximum atomic E-state index is 13.1. The number of rotatable bonds is 8. The van der Waals surface area contributed by atoms with E-state index in [0.29, 0.717) is 50.9 Å². The van der Waals surface area contributed by atoms with Crippen LogP contribution in [0.5, 0.6) is 5.75 Å². The van der Waals surface area contributed by atoms with Crippen LogP contribution in [-0.2, 0) is 19.3 Å². The summed E-state index contributed by atoms with van der Waals surface area (Å²) in [7, 11) is -3.37. The van der Waals surface area contributed by atoms with Gasteiger partial charge in [0, 0.05) is 13.1 Å². The summed E-state index contributed by atoms with van der Waals surface area (Å²) in [5.74, 6) is 0.322. The minimum absolute atomic E-state index is 0.0691. The molecule has 0 bridgehead atoms. The van der Waals surface area contributed by atoms with Gasteiger partial charge in [0.2, 0.25) is 0 Å². The molecule has 2 heterocycles. The van der Waals surface area contributed by atoms with E-state index in [1.807, 2.05) is 0 Å². The molecule has 12 heteroatoms. The van der Waals surface area contributed by atoms with Crippen LogP contribution in [0.15, 0.2) is 29.2 Å². The Morgan fingerprint density at radius 3 is 2.53 bits per heavy atom. The van der Waals surface area contributed by atoms with E-state index < -0.39 is 39.3 Å². The second-order valence-corrected chi connectivity index (χ2v) is 13.7. The Labute approximate surface area is 223 Å². The Hall–Kier alpha value is -2.57. The molecule has 212 valence electrons. The number of benzene rings is 1. The Morgan fingerprint density at radius 2 is 1.92 bits per heavy atom. The quantitative estimate of drug-likeness (QED) is 0.496. The summed E-state index contributed by atoms with van der Waals surface area (Å²) in [4.78, 5) is 27.4. The summed E-state index contributed by atoms with van der Waals surface area (Å²) < 4.78 is 42.5. The first kappa shape index (κ1) is 28.4. The number of carboxylic acid groups (broad SMARTS) is 1. The zero-order chi connectivity index (χ0) is 27.7. The third-order valence-electron chi connectivity index (χ3n) is 7.15. The molecule has 0 aromatic heterocycles. The first-order valence-electron chi connectivity index (χ1n) is 13.0. The molecule has 1 unspecified atom stereocenters. The smallest absolute Gasteiger partial charge is 0.410 e. The van der Waals surface area contributed by atoms with Gasteiger partial charge in [-0.15, -0.1) is 0 Å². The molecule has 0 radical (unpaired) electrons. The predicted octanol–water partition coefficient (Wildman–Crippen LogP) is 2.90. The van der Waals surface area contributed by atoms with E-state index in [1.165, 1.54) is 21.9 Å². The monoisotopic (exact) mass is 554 g/mol. The highest BCUT2D eigenvalue weighted by Crippen LogP contribution is 2.38. The minimum Gasteiger partial charge on any atom is -0.491 e. The van der Waals surface area contributed by atoms with E-state index in [1.54, 1.807) is 32.9 Å². The average Bonchev–Trinajstić information content (AvgIpc) is 3.64. The number of sulfone groups is 1. The largest absolute Gasteiger partial charge is 0.491 e. The second-order valence-electron chi connectivity index (χ2n) is 11.4. The van der Waals surface area contributed by atoms with E-state index in [0.717, 1.165) is 0 Å². The van der Waals surface area contributed by atoms with Gasteiger partial charge in [0.05, 0.1) is 34.9 Å². The maximum Gasteiger partial charge on any atom is 0.410 e. The van der Waals surface area contributed by atoms with Crippen LogP contribution in [0.25, 0.3) is 0 Å². The van der Waals surface area contributed by atoms with Crippen molar-refractivity contribution >= 4 is 22.0 Å². The Kier molecular flexibility index (Phi) is 8.15. The lowest BCUT2D eigenvalue weighted by Crippen LogP contribution is -2.50. The number of hydrogen-bond acceptors (Lipinski definition) is 8. The fourth-order valence-electron chi connectivity index (χ4n) is 4.95. The molecule has 2 amide bonds. The number of piperidine rings is 1. The van der Waals surface area contributed by atoms with Gasteiger partial charge in [0.15, 0.2) is 9.84 Å². The van der Waals surface area contributed by atoms with Crippen molar-refractivity contribution < 1.29 is 42.4 Å². The molecule has 4 rings (SSSR count). The number of ether oxygens (including phenoxy) is 3. The van der Waals surface area contributed by atoms with Crippen molar-refractivity contribution in [3.05, 3.63) is 24.3 Å². The lowest BCUT2D eigenvalue weighted by atomic mass is 9.87. The average molecular weight is 555 g/mol. The number of carbonyl (C=O) groups excluding carboxylic acids is 1. The molecule has 11 nitrogen and oxygen atoms in total. The van der Waals surface area contributed by atoms with Crippen molar-refractivity contribution in [3.8, 4) is 5.75 Å². The molecule has 38 heavy (non-hydrogen) atoms. The van der Waals surface area contributed by atoms with Gasteiger partial charge in [0.25, 0.3) is 0 Å². The van der Waals surface area contributed by atoms with E-state index in [-0.39, 0.29) is 35.9 Å². The van der Waals surface area contributed by atoms with Gasteiger partial charge < -0.3 is 34.2 Å². The van der Waals surface area contributed by atoms with Gasteiger partial charge in [-0.3, -0.25) is 0 Å². The van der Waals surface area contributed by atoms with Gasteiger partial charge in [-0.05, 0) is 71.1 Å². The molecule has 1 spiro atoms. The fourth-order valence-corrected chi connectivity index (χ4v) is 6.64. The van der Waals surface area contributed by atoms with Crippen molar-refractivity contribution in [3.63, 3.8) is 0 Å². The van der Waals surface area contributed by atoms with Crippen LogP contribution in [-0.4, -0.2) is 102 Å². The van der Waals surface area contributed by atoms with Crippen LogP contribution in [0.1, 0.15) is 52.9 Å². The highest BCUT2D eigenvalue weighted by Gasteiger charge is 2.47. The minimum atomic E-state index is -3.37. The Balaban J connectivity index is 1.39. The number of aliphatic hydroxyl groups excluding tert-OH is 1. The number of carbonyl (C=O) groups is 2. The van der Waals surface area contributed by atoms with Crippen molar-refractivity contribution in [2.24, 2.45) is 0 Å². The Morgan fingerprint density at radius 1 is 1.24 bits per heavy atom. The molecule has 2 atom stereocenters. The van der Waals surface area contributed by atoms with Crippen LogP contribution in [0.4, 0.5) is 9.59 Å².